The summed E-state index contributed by atoms with van der Waals surface area (Å²) in [6.45, 7) is 7.57. The van der Waals surface area contributed by atoms with E-state index in [1.807, 2.05) is 30.1 Å². The number of hydrogen-bond acceptors (Lipinski definition) is 3. The summed E-state index contributed by atoms with van der Waals surface area (Å²) in [6, 6.07) is 4.12. The number of pyridine rings is 1. The molecule has 0 amide bonds. The molecular weight excluding hydrogens is 324 g/mol. The maximum absolute atomic E-state index is 4.50. The minimum absolute atomic E-state index is 0.739. The summed E-state index contributed by atoms with van der Waals surface area (Å²) < 4.78 is 1.92. The van der Waals surface area contributed by atoms with E-state index in [0.29, 0.717) is 0 Å². The number of hydrogen-bond donors (Lipinski definition) is 1. The standard InChI is InChI=1S/C20H30N6/c1-4-17(5-2)18-7-10-25(14-18)20(21-3)24-13-16-6-8-23-19(12-16)26-11-9-22-15-26/h6,8-9,11-12,15,17-18H,4-5,7,10,13-14H2,1-3H3,(H,21,24). The SMILES string of the molecule is CCC(CC)C1CCN(C(=NC)NCc2ccnc(-n3ccnc3)c2)C1. The lowest BCUT2D eigenvalue weighted by Gasteiger charge is -2.24. The van der Waals surface area contributed by atoms with Gasteiger partial charge in [-0.3, -0.25) is 9.56 Å². The minimum Gasteiger partial charge on any atom is -0.352 e. The van der Waals surface area contributed by atoms with Crippen molar-refractivity contribution in [1.82, 2.24) is 24.8 Å². The molecule has 0 aromatic carbocycles. The Bertz CT molecular complexity index is 705. The van der Waals surface area contributed by atoms with Crippen LogP contribution in [-0.4, -0.2) is 45.5 Å². The molecule has 0 radical (unpaired) electrons. The van der Waals surface area contributed by atoms with Gasteiger partial charge < -0.3 is 10.2 Å². The van der Waals surface area contributed by atoms with Gasteiger partial charge in [0.25, 0.3) is 0 Å². The topological polar surface area (TPSA) is 58.3 Å². The molecule has 6 nitrogen and oxygen atoms in total. The molecular formula is C20H30N6. The second-order valence-electron chi connectivity index (χ2n) is 6.96. The normalized spacial score (nSPS) is 17.9. The van der Waals surface area contributed by atoms with Crippen LogP contribution in [0.2, 0.25) is 0 Å². The van der Waals surface area contributed by atoms with Gasteiger partial charge in [-0.2, -0.15) is 0 Å². The summed E-state index contributed by atoms with van der Waals surface area (Å²) >= 11 is 0. The van der Waals surface area contributed by atoms with E-state index < -0.39 is 0 Å². The van der Waals surface area contributed by atoms with Gasteiger partial charge in [-0.15, -0.1) is 0 Å². The lowest BCUT2D eigenvalue weighted by Crippen LogP contribution is -2.40. The average Bonchev–Trinajstić information content (AvgIpc) is 3.36. The van der Waals surface area contributed by atoms with E-state index in [1.165, 1.54) is 24.8 Å². The zero-order chi connectivity index (χ0) is 18.4. The van der Waals surface area contributed by atoms with Gasteiger partial charge in [-0.05, 0) is 36.0 Å². The average molecular weight is 355 g/mol. The Hall–Kier alpha value is -2.37. The van der Waals surface area contributed by atoms with Gasteiger partial charge in [0.1, 0.15) is 12.1 Å². The van der Waals surface area contributed by atoms with Gasteiger partial charge in [0.2, 0.25) is 0 Å². The summed E-state index contributed by atoms with van der Waals surface area (Å²) in [6.07, 6.45) is 11.1. The maximum Gasteiger partial charge on any atom is 0.193 e. The van der Waals surface area contributed by atoms with E-state index in [4.69, 9.17) is 0 Å². The Labute approximate surface area is 156 Å². The lowest BCUT2D eigenvalue weighted by molar-refractivity contribution is 0.319. The van der Waals surface area contributed by atoms with Crippen molar-refractivity contribution < 1.29 is 0 Å². The van der Waals surface area contributed by atoms with Gasteiger partial charge in [0.15, 0.2) is 5.96 Å². The van der Waals surface area contributed by atoms with E-state index in [1.54, 1.807) is 12.5 Å². The van der Waals surface area contributed by atoms with Crippen LogP contribution in [-0.2, 0) is 6.54 Å². The first kappa shape index (κ1) is 18.4. The highest BCUT2D eigenvalue weighted by molar-refractivity contribution is 5.80. The molecule has 0 spiro atoms. The van der Waals surface area contributed by atoms with Crippen LogP contribution in [0.1, 0.15) is 38.7 Å². The fourth-order valence-electron chi connectivity index (χ4n) is 3.94. The number of likely N-dealkylation sites (tertiary alicyclic amines) is 1. The number of guanidine groups is 1. The molecule has 1 fully saturated rings. The van der Waals surface area contributed by atoms with Gasteiger partial charge in [-0.1, -0.05) is 26.7 Å². The molecule has 6 heteroatoms. The summed E-state index contributed by atoms with van der Waals surface area (Å²) in [5.74, 6) is 3.50. The Balaban J connectivity index is 1.59. The number of imidazole rings is 1. The van der Waals surface area contributed by atoms with Crippen molar-refractivity contribution in [3.05, 3.63) is 42.6 Å². The number of aromatic nitrogens is 3. The van der Waals surface area contributed by atoms with Crippen LogP contribution in [0, 0.1) is 11.8 Å². The lowest BCUT2D eigenvalue weighted by atomic mass is 9.87. The zero-order valence-electron chi connectivity index (χ0n) is 16.1. The molecule has 1 atom stereocenters. The first-order valence-electron chi connectivity index (χ1n) is 9.64. The fourth-order valence-corrected chi connectivity index (χ4v) is 3.94. The molecule has 3 rings (SSSR count). The van der Waals surface area contributed by atoms with Crippen LogP contribution in [0.4, 0.5) is 0 Å². The number of aliphatic imine (C=N–C) groups is 1. The first-order valence-corrected chi connectivity index (χ1v) is 9.64. The maximum atomic E-state index is 4.50. The molecule has 2 aromatic rings. The van der Waals surface area contributed by atoms with Crippen LogP contribution in [0.3, 0.4) is 0 Å². The van der Waals surface area contributed by atoms with Gasteiger partial charge in [0, 0.05) is 45.3 Å². The summed E-state index contributed by atoms with van der Waals surface area (Å²) in [7, 11) is 1.87. The molecule has 1 unspecified atom stereocenters. The van der Waals surface area contributed by atoms with E-state index in [9.17, 15) is 0 Å². The second-order valence-corrected chi connectivity index (χ2v) is 6.96. The summed E-state index contributed by atoms with van der Waals surface area (Å²) in [5.41, 5.74) is 1.18. The second kappa shape index (κ2) is 8.83. The molecule has 1 aliphatic heterocycles. The van der Waals surface area contributed by atoms with Crippen molar-refractivity contribution in [2.75, 3.05) is 20.1 Å². The van der Waals surface area contributed by atoms with Gasteiger partial charge in [-0.25, -0.2) is 9.97 Å². The highest BCUT2D eigenvalue weighted by atomic mass is 15.3. The molecule has 1 N–H and O–H groups in total. The molecule has 0 saturated carbocycles. The molecule has 0 bridgehead atoms. The molecule has 2 aromatic heterocycles. The Morgan fingerprint density at radius 3 is 2.88 bits per heavy atom. The Morgan fingerprint density at radius 2 is 2.19 bits per heavy atom. The number of rotatable bonds is 6. The van der Waals surface area contributed by atoms with Crippen LogP contribution >= 0.6 is 0 Å². The number of nitrogens with zero attached hydrogens (tertiary/aromatic N) is 5. The van der Waals surface area contributed by atoms with Crippen molar-refractivity contribution in [3.63, 3.8) is 0 Å². The summed E-state index contributed by atoms with van der Waals surface area (Å²) in [5, 5.41) is 3.52. The fraction of sp³-hybridized carbons (Fsp3) is 0.550. The van der Waals surface area contributed by atoms with Crippen LogP contribution in [0.25, 0.3) is 5.82 Å². The van der Waals surface area contributed by atoms with Gasteiger partial charge in [0.05, 0.1) is 0 Å². The third kappa shape index (κ3) is 4.23. The van der Waals surface area contributed by atoms with Crippen LogP contribution < -0.4 is 5.32 Å². The smallest absolute Gasteiger partial charge is 0.193 e. The molecule has 26 heavy (non-hydrogen) atoms. The third-order valence-corrected chi connectivity index (χ3v) is 5.48. The van der Waals surface area contributed by atoms with E-state index in [2.05, 4.69) is 45.1 Å². The van der Waals surface area contributed by atoms with Gasteiger partial charge >= 0.3 is 0 Å². The molecule has 3 heterocycles. The Morgan fingerprint density at radius 1 is 1.35 bits per heavy atom. The number of nitrogens with one attached hydrogen (secondary N) is 1. The molecule has 0 aliphatic carbocycles. The molecule has 140 valence electrons. The highest BCUT2D eigenvalue weighted by Crippen LogP contribution is 2.28. The predicted octanol–water partition coefficient (Wildman–Crippen LogP) is 3.10. The van der Waals surface area contributed by atoms with Crippen LogP contribution in [0.15, 0.2) is 42.0 Å². The van der Waals surface area contributed by atoms with Crippen molar-refractivity contribution in [1.29, 1.82) is 0 Å². The highest BCUT2D eigenvalue weighted by Gasteiger charge is 2.29. The van der Waals surface area contributed by atoms with E-state index >= 15 is 0 Å². The van der Waals surface area contributed by atoms with Crippen molar-refractivity contribution in [3.8, 4) is 5.82 Å². The quantitative estimate of drug-likeness (QED) is 0.640. The predicted molar refractivity (Wildman–Crippen MR) is 105 cm³/mol. The Kier molecular flexibility index (Phi) is 6.26. The third-order valence-electron chi connectivity index (χ3n) is 5.48. The van der Waals surface area contributed by atoms with Crippen molar-refractivity contribution in [2.24, 2.45) is 16.8 Å². The monoisotopic (exact) mass is 354 g/mol. The largest absolute Gasteiger partial charge is 0.352 e. The van der Waals surface area contributed by atoms with E-state index in [0.717, 1.165) is 43.2 Å². The molecule has 1 aliphatic rings. The minimum atomic E-state index is 0.739. The zero-order valence-corrected chi connectivity index (χ0v) is 16.1. The van der Waals surface area contributed by atoms with E-state index in [-0.39, 0.29) is 0 Å². The van der Waals surface area contributed by atoms with Crippen LogP contribution in [0.5, 0.6) is 0 Å². The van der Waals surface area contributed by atoms with Crippen molar-refractivity contribution in [2.45, 2.75) is 39.7 Å². The molecule has 1 saturated heterocycles. The first-order chi connectivity index (χ1) is 12.7. The summed E-state index contributed by atoms with van der Waals surface area (Å²) in [4.78, 5) is 15.4. The van der Waals surface area contributed by atoms with Crippen molar-refractivity contribution >= 4 is 5.96 Å².